The predicted octanol–water partition coefficient (Wildman–Crippen LogP) is 3.95. The number of halogens is 3. The number of carbonyl (C=O) groups is 1. The zero-order chi connectivity index (χ0) is 22.9. The number of aromatic nitrogens is 3. The van der Waals surface area contributed by atoms with Crippen LogP contribution >= 0.6 is 0 Å². The van der Waals surface area contributed by atoms with E-state index in [1.165, 1.54) is 16.5 Å². The number of rotatable bonds is 6. The van der Waals surface area contributed by atoms with Crippen LogP contribution in [0, 0.1) is 6.92 Å². The Morgan fingerprint density at radius 3 is 2.23 bits per heavy atom. The molecular weight excluding hydrogens is 409 g/mol. The minimum absolute atomic E-state index is 0.0397. The Morgan fingerprint density at radius 1 is 1.10 bits per heavy atom. The maximum Gasteiger partial charge on any atom is 0.417 e. The Hall–Kier alpha value is -3.10. The predicted molar refractivity (Wildman–Crippen MR) is 112 cm³/mol. The van der Waals surface area contributed by atoms with Gasteiger partial charge in [0.05, 0.1) is 22.3 Å². The molecule has 2 aromatic heterocycles. The molecule has 3 aromatic rings. The van der Waals surface area contributed by atoms with E-state index in [0.717, 1.165) is 16.6 Å². The van der Waals surface area contributed by atoms with E-state index in [1.54, 1.807) is 26.0 Å². The van der Waals surface area contributed by atoms with Crippen LogP contribution in [-0.2, 0) is 23.9 Å². The fraction of sp³-hybridized carbons (Fsp3) is 0.409. The first-order valence-electron chi connectivity index (χ1n) is 10.2. The Morgan fingerprint density at radius 2 is 1.71 bits per heavy atom. The van der Waals surface area contributed by atoms with Crippen LogP contribution in [-0.4, -0.2) is 38.2 Å². The van der Waals surface area contributed by atoms with Gasteiger partial charge in [-0.15, -0.1) is 0 Å². The average Bonchev–Trinajstić information content (AvgIpc) is 3.07. The molecule has 0 aliphatic rings. The minimum atomic E-state index is -4.73. The van der Waals surface area contributed by atoms with Crippen molar-refractivity contribution < 1.29 is 18.0 Å². The lowest BCUT2D eigenvalue weighted by Gasteiger charge is -2.20. The Bertz CT molecular complexity index is 1160. The lowest BCUT2D eigenvalue weighted by Crippen LogP contribution is -2.37. The van der Waals surface area contributed by atoms with Gasteiger partial charge in [-0.2, -0.15) is 18.3 Å². The fourth-order valence-electron chi connectivity index (χ4n) is 3.70. The summed E-state index contributed by atoms with van der Waals surface area (Å²) in [5.74, 6) is -0.347. The quantitative estimate of drug-likeness (QED) is 0.590. The molecule has 2 heterocycles. The number of fused-ring (bicyclic) bond motifs is 1. The third-order valence-corrected chi connectivity index (χ3v) is 5.40. The molecule has 0 N–H and O–H groups in total. The summed E-state index contributed by atoms with van der Waals surface area (Å²) in [7, 11) is 0. The SMILES string of the molecule is CCc1ccc(-n2nc(C)c3c(C(F)(F)F)cc(=O)n(CC(=O)N(CC)CC)c32)cc1. The summed E-state index contributed by atoms with van der Waals surface area (Å²) in [6.07, 6.45) is -3.93. The average molecular weight is 434 g/mol. The molecule has 0 atom stereocenters. The molecule has 6 nitrogen and oxygen atoms in total. The summed E-state index contributed by atoms with van der Waals surface area (Å²) in [6, 6.07) is 7.75. The van der Waals surface area contributed by atoms with Crippen molar-refractivity contribution in [3.05, 3.63) is 57.5 Å². The van der Waals surface area contributed by atoms with E-state index in [0.29, 0.717) is 24.8 Å². The van der Waals surface area contributed by atoms with Crippen molar-refractivity contribution >= 4 is 16.9 Å². The Labute approximate surface area is 177 Å². The molecule has 3 rings (SSSR count). The number of hydrogen-bond donors (Lipinski definition) is 0. The molecule has 166 valence electrons. The van der Waals surface area contributed by atoms with Gasteiger partial charge in [0.15, 0.2) is 0 Å². The van der Waals surface area contributed by atoms with E-state index in [2.05, 4.69) is 5.10 Å². The lowest BCUT2D eigenvalue weighted by molar-refractivity contribution is -0.136. The largest absolute Gasteiger partial charge is 0.417 e. The van der Waals surface area contributed by atoms with Gasteiger partial charge in [0.25, 0.3) is 5.56 Å². The number of carbonyl (C=O) groups excluding carboxylic acids is 1. The molecular formula is C22H25F3N4O2. The first kappa shape index (κ1) is 22.6. The molecule has 0 saturated carbocycles. The van der Waals surface area contributed by atoms with Crippen LogP contribution in [0.25, 0.3) is 16.7 Å². The van der Waals surface area contributed by atoms with Crippen molar-refractivity contribution in [1.82, 2.24) is 19.2 Å². The van der Waals surface area contributed by atoms with Crippen LogP contribution in [0.4, 0.5) is 13.2 Å². The molecule has 0 unspecified atom stereocenters. The van der Waals surface area contributed by atoms with Crippen LogP contribution in [0.5, 0.6) is 0 Å². The van der Waals surface area contributed by atoms with Crippen molar-refractivity contribution in [1.29, 1.82) is 0 Å². The Kier molecular flexibility index (Phi) is 6.24. The first-order valence-corrected chi connectivity index (χ1v) is 10.2. The molecule has 0 radical (unpaired) electrons. The molecule has 0 saturated heterocycles. The summed E-state index contributed by atoms with van der Waals surface area (Å²) in [5.41, 5.74) is -0.285. The number of likely N-dealkylation sites (N-methyl/N-ethyl adjacent to an activating group) is 1. The molecule has 9 heteroatoms. The topological polar surface area (TPSA) is 60.1 Å². The normalized spacial score (nSPS) is 11.8. The van der Waals surface area contributed by atoms with Crippen LogP contribution in [0.3, 0.4) is 0 Å². The van der Waals surface area contributed by atoms with Gasteiger partial charge in [-0.1, -0.05) is 19.1 Å². The van der Waals surface area contributed by atoms with E-state index >= 15 is 0 Å². The molecule has 1 aromatic carbocycles. The maximum atomic E-state index is 13.8. The van der Waals surface area contributed by atoms with Gasteiger partial charge in [0.2, 0.25) is 5.91 Å². The molecule has 0 bridgehead atoms. The van der Waals surface area contributed by atoms with Gasteiger partial charge in [0, 0.05) is 19.2 Å². The molecule has 0 spiro atoms. The van der Waals surface area contributed by atoms with E-state index in [1.807, 2.05) is 19.1 Å². The van der Waals surface area contributed by atoms with Crippen molar-refractivity contribution in [2.45, 2.75) is 46.8 Å². The number of benzene rings is 1. The van der Waals surface area contributed by atoms with Crippen LogP contribution in [0.2, 0.25) is 0 Å². The lowest BCUT2D eigenvalue weighted by atomic mass is 10.1. The van der Waals surface area contributed by atoms with E-state index < -0.39 is 17.3 Å². The number of nitrogens with zero attached hydrogens (tertiary/aromatic N) is 4. The number of pyridine rings is 1. The highest BCUT2D eigenvalue weighted by Gasteiger charge is 2.36. The van der Waals surface area contributed by atoms with Gasteiger partial charge >= 0.3 is 6.18 Å². The summed E-state index contributed by atoms with van der Waals surface area (Å²) in [4.78, 5) is 27.0. The van der Waals surface area contributed by atoms with Crippen molar-refractivity contribution in [3.63, 3.8) is 0 Å². The third kappa shape index (κ3) is 4.22. The maximum absolute atomic E-state index is 13.8. The second-order valence-electron chi connectivity index (χ2n) is 7.26. The van der Waals surface area contributed by atoms with E-state index in [-0.39, 0.29) is 29.2 Å². The zero-order valence-corrected chi connectivity index (χ0v) is 18.0. The number of alkyl halides is 3. The highest BCUT2D eigenvalue weighted by molar-refractivity contribution is 5.86. The van der Waals surface area contributed by atoms with Gasteiger partial charge in [-0.05, 0) is 44.9 Å². The standard InChI is InChI=1S/C22H25F3N4O2/c1-5-15-8-10-16(11-9-15)29-21-20(14(4)26-29)17(22(23,24)25)12-18(30)28(21)13-19(31)27(6-2)7-3/h8-12H,5-7,13H2,1-4H3. The Balaban J connectivity index is 2.33. The zero-order valence-electron chi connectivity index (χ0n) is 18.0. The smallest absolute Gasteiger partial charge is 0.342 e. The molecule has 0 aliphatic carbocycles. The molecule has 0 fully saturated rings. The highest BCUT2D eigenvalue weighted by atomic mass is 19.4. The van der Waals surface area contributed by atoms with E-state index in [9.17, 15) is 22.8 Å². The van der Waals surface area contributed by atoms with Crippen LogP contribution in [0.1, 0.15) is 37.6 Å². The van der Waals surface area contributed by atoms with E-state index in [4.69, 9.17) is 0 Å². The summed E-state index contributed by atoms with van der Waals surface area (Å²) < 4.78 is 43.7. The van der Waals surface area contributed by atoms with Gasteiger partial charge in [-0.3, -0.25) is 14.2 Å². The second-order valence-corrected chi connectivity index (χ2v) is 7.26. The van der Waals surface area contributed by atoms with Gasteiger partial charge < -0.3 is 4.90 Å². The second kappa shape index (κ2) is 8.56. The summed E-state index contributed by atoms with van der Waals surface area (Å²) >= 11 is 0. The third-order valence-electron chi connectivity index (χ3n) is 5.40. The highest BCUT2D eigenvalue weighted by Crippen LogP contribution is 2.36. The number of hydrogen-bond acceptors (Lipinski definition) is 3. The minimum Gasteiger partial charge on any atom is -0.342 e. The molecule has 31 heavy (non-hydrogen) atoms. The van der Waals surface area contributed by atoms with Gasteiger partial charge in [0.1, 0.15) is 12.2 Å². The fourth-order valence-corrected chi connectivity index (χ4v) is 3.70. The van der Waals surface area contributed by atoms with Crippen molar-refractivity contribution in [2.75, 3.05) is 13.1 Å². The van der Waals surface area contributed by atoms with Crippen molar-refractivity contribution in [3.8, 4) is 5.69 Å². The number of aryl methyl sites for hydroxylation is 2. The van der Waals surface area contributed by atoms with Gasteiger partial charge in [-0.25, -0.2) is 4.68 Å². The molecule has 1 amide bonds. The monoisotopic (exact) mass is 434 g/mol. The first-order chi connectivity index (χ1) is 14.6. The number of amides is 1. The van der Waals surface area contributed by atoms with Crippen LogP contribution in [0.15, 0.2) is 35.1 Å². The van der Waals surface area contributed by atoms with Crippen molar-refractivity contribution in [2.24, 2.45) is 0 Å². The molecule has 0 aliphatic heterocycles. The van der Waals surface area contributed by atoms with Crippen LogP contribution < -0.4 is 5.56 Å². The summed E-state index contributed by atoms with van der Waals surface area (Å²) in [5, 5.41) is 4.13. The summed E-state index contributed by atoms with van der Waals surface area (Å²) in [6.45, 7) is 7.57.